The molecular weight excluding hydrogens is 422 g/mol. The van der Waals surface area contributed by atoms with Crippen molar-refractivity contribution in [1.82, 2.24) is 0 Å². The van der Waals surface area contributed by atoms with Crippen LogP contribution in [0.1, 0.15) is 33.4 Å². The Kier molecular flexibility index (Phi) is 4.78. The molecule has 0 atom stereocenters. The van der Waals surface area contributed by atoms with Crippen LogP contribution >= 0.6 is 0 Å². The summed E-state index contributed by atoms with van der Waals surface area (Å²) >= 11 is 0. The van der Waals surface area contributed by atoms with E-state index in [1.807, 2.05) is 42.6 Å². The standard InChI is InChI=1S/C30H25NO3/c1-32-25-13-7-11-23(18-25)29(24-12-8-14-26(19-24)33-2)20-31-30(34-29)27-15-5-3-9-21(27)17-22-10-4-6-16-28(22)30/h3-16,18-20H,17H2,1-2H3. The number of ether oxygens (including phenoxy) is 3. The van der Waals surface area contributed by atoms with E-state index in [0.29, 0.717) is 0 Å². The van der Waals surface area contributed by atoms with Gasteiger partial charge >= 0.3 is 0 Å². The van der Waals surface area contributed by atoms with Gasteiger partial charge in [0.05, 0.1) is 14.2 Å². The SMILES string of the molecule is COc1cccc(C2(c3cccc(OC)c3)C=NC3(O2)c2ccccc2Cc2ccccc23)c1. The number of fused-ring (bicyclic) bond motifs is 4. The van der Waals surface area contributed by atoms with E-state index in [4.69, 9.17) is 19.2 Å². The lowest BCUT2D eigenvalue weighted by molar-refractivity contribution is -0.0632. The molecule has 4 aromatic carbocycles. The fraction of sp³-hybridized carbons (Fsp3) is 0.167. The van der Waals surface area contributed by atoms with Gasteiger partial charge in [0.15, 0.2) is 5.60 Å². The second-order valence-electron chi connectivity index (χ2n) is 8.69. The number of benzene rings is 4. The molecule has 168 valence electrons. The van der Waals surface area contributed by atoms with E-state index in [1.54, 1.807) is 14.2 Å². The first-order chi connectivity index (χ1) is 16.7. The Morgan fingerprint density at radius 1 is 0.676 bits per heavy atom. The molecule has 1 heterocycles. The van der Waals surface area contributed by atoms with Crippen LogP contribution in [0.25, 0.3) is 0 Å². The van der Waals surface area contributed by atoms with E-state index in [9.17, 15) is 0 Å². The van der Waals surface area contributed by atoms with Crippen molar-refractivity contribution < 1.29 is 14.2 Å². The molecular formula is C30H25NO3. The molecule has 1 aliphatic carbocycles. The lowest BCUT2D eigenvalue weighted by atomic mass is 9.79. The summed E-state index contributed by atoms with van der Waals surface area (Å²) in [5.41, 5.74) is 4.63. The zero-order valence-electron chi connectivity index (χ0n) is 19.2. The van der Waals surface area contributed by atoms with Gasteiger partial charge in [-0.1, -0.05) is 72.8 Å². The summed E-state index contributed by atoms with van der Waals surface area (Å²) < 4.78 is 18.4. The van der Waals surface area contributed by atoms with Gasteiger partial charge in [-0.25, -0.2) is 0 Å². The van der Waals surface area contributed by atoms with Crippen LogP contribution < -0.4 is 9.47 Å². The fourth-order valence-electron chi connectivity index (χ4n) is 5.22. The summed E-state index contributed by atoms with van der Waals surface area (Å²) in [6, 6.07) is 32.9. The maximum atomic E-state index is 7.27. The molecule has 0 unspecified atom stereocenters. The van der Waals surface area contributed by atoms with E-state index in [-0.39, 0.29) is 0 Å². The summed E-state index contributed by atoms with van der Waals surface area (Å²) in [5, 5.41) is 0. The first-order valence-corrected chi connectivity index (χ1v) is 11.4. The zero-order valence-corrected chi connectivity index (χ0v) is 19.2. The van der Waals surface area contributed by atoms with Crippen LogP contribution in [-0.4, -0.2) is 20.4 Å². The maximum absolute atomic E-state index is 7.27. The summed E-state index contributed by atoms with van der Waals surface area (Å²) in [7, 11) is 3.35. The van der Waals surface area contributed by atoms with Crippen LogP contribution in [0.4, 0.5) is 0 Å². The summed E-state index contributed by atoms with van der Waals surface area (Å²) in [4.78, 5) is 5.20. The lowest BCUT2D eigenvalue weighted by Crippen LogP contribution is -2.39. The van der Waals surface area contributed by atoms with Gasteiger partial charge in [0.2, 0.25) is 5.72 Å². The van der Waals surface area contributed by atoms with E-state index < -0.39 is 11.3 Å². The molecule has 0 amide bonds. The minimum Gasteiger partial charge on any atom is -0.497 e. The van der Waals surface area contributed by atoms with E-state index in [0.717, 1.165) is 40.2 Å². The molecule has 4 aromatic rings. The molecule has 6 rings (SSSR count). The van der Waals surface area contributed by atoms with Gasteiger partial charge in [-0.2, -0.15) is 0 Å². The zero-order chi connectivity index (χ0) is 23.2. The van der Waals surface area contributed by atoms with Gasteiger partial charge in [-0.3, -0.25) is 4.99 Å². The van der Waals surface area contributed by atoms with Crippen molar-refractivity contribution in [2.45, 2.75) is 17.7 Å². The lowest BCUT2D eigenvalue weighted by Gasteiger charge is -2.39. The average molecular weight is 448 g/mol. The molecule has 0 fully saturated rings. The molecule has 2 aliphatic rings. The minimum absolute atomic E-state index is 0.766. The Morgan fingerprint density at radius 3 is 1.74 bits per heavy atom. The molecule has 0 bridgehead atoms. The Hall–Kier alpha value is -3.89. The fourth-order valence-corrected chi connectivity index (χ4v) is 5.22. The summed E-state index contributed by atoms with van der Waals surface area (Å²) in [6.07, 6.45) is 2.81. The van der Waals surface area contributed by atoms with Crippen molar-refractivity contribution in [3.8, 4) is 11.5 Å². The van der Waals surface area contributed by atoms with Crippen LogP contribution in [0, 0.1) is 0 Å². The molecule has 34 heavy (non-hydrogen) atoms. The Balaban J connectivity index is 1.61. The topological polar surface area (TPSA) is 40.0 Å². The van der Waals surface area contributed by atoms with Gasteiger partial charge in [0, 0.05) is 17.3 Å². The second kappa shape index (κ2) is 7.86. The van der Waals surface area contributed by atoms with Crippen LogP contribution in [-0.2, 0) is 22.5 Å². The third-order valence-corrected chi connectivity index (χ3v) is 6.88. The Morgan fingerprint density at radius 2 is 1.21 bits per heavy atom. The minimum atomic E-state index is -0.947. The molecule has 0 aromatic heterocycles. The maximum Gasteiger partial charge on any atom is 0.213 e. The predicted molar refractivity (Wildman–Crippen MR) is 133 cm³/mol. The van der Waals surface area contributed by atoms with Gasteiger partial charge in [0.25, 0.3) is 0 Å². The quantitative estimate of drug-likeness (QED) is 0.394. The van der Waals surface area contributed by atoms with Gasteiger partial charge in [-0.15, -0.1) is 0 Å². The highest BCUT2D eigenvalue weighted by Gasteiger charge is 2.53. The first-order valence-electron chi connectivity index (χ1n) is 11.4. The predicted octanol–water partition coefficient (Wildman–Crippen LogP) is 5.85. The highest BCUT2D eigenvalue weighted by atomic mass is 16.5. The smallest absolute Gasteiger partial charge is 0.213 e. The molecule has 0 saturated heterocycles. The number of hydrogen-bond donors (Lipinski definition) is 0. The third kappa shape index (κ3) is 2.99. The highest BCUT2D eigenvalue weighted by molar-refractivity contribution is 5.81. The molecule has 4 nitrogen and oxygen atoms in total. The van der Waals surface area contributed by atoms with Gasteiger partial charge in [-0.05, 0) is 52.9 Å². The Bertz CT molecular complexity index is 1310. The molecule has 4 heteroatoms. The van der Waals surface area contributed by atoms with Crippen molar-refractivity contribution in [2.75, 3.05) is 14.2 Å². The van der Waals surface area contributed by atoms with Crippen molar-refractivity contribution in [3.05, 3.63) is 130 Å². The van der Waals surface area contributed by atoms with Crippen molar-refractivity contribution in [2.24, 2.45) is 4.99 Å². The average Bonchev–Trinajstić information content (AvgIpc) is 3.31. The van der Waals surface area contributed by atoms with E-state index in [1.165, 1.54) is 11.1 Å². The van der Waals surface area contributed by atoms with Crippen LogP contribution in [0.5, 0.6) is 11.5 Å². The first kappa shape index (κ1) is 20.7. The monoisotopic (exact) mass is 447 g/mol. The van der Waals surface area contributed by atoms with Gasteiger partial charge < -0.3 is 14.2 Å². The van der Waals surface area contributed by atoms with Crippen LogP contribution in [0.3, 0.4) is 0 Å². The summed E-state index contributed by atoms with van der Waals surface area (Å²) in [6.45, 7) is 0. The number of rotatable bonds is 4. The normalized spacial score (nSPS) is 16.6. The second-order valence-corrected chi connectivity index (χ2v) is 8.69. The van der Waals surface area contributed by atoms with Crippen LogP contribution in [0.2, 0.25) is 0 Å². The van der Waals surface area contributed by atoms with Gasteiger partial charge in [0.1, 0.15) is 11.5 Å². The number of nitrogens with zero attached hydrogens (tertiary/aromatic N) is 1. The largest absolute Gasteiger partial charge is 0.497 e. The number of aliphatic imine (C=N–C) groups is 1. The molecule has 0 saturated carbocycles. The van der Waals surface area contributed by atoms with Crippen molar-refractivity contribution in [3.63, 3.8) is 0 Å². The van der Waals surface area contributed by atoms with E-state index in [2.05, 4.69) is 60.7 Å². The molecule has 0 N–H and O–H groups in total. The van der Waals surface area contributed by atoms with Crippen molar-refractivity contribution >= 4 is 6.21 Å². The molecule has 0 radical (unpaired) electrons. The number of hydrogen-bond acceptors (Lipinski definition) is 4. The molecule has 1 aliphatic heterocycles. The van der Waals surface area contributed by atoms with E-state index >= 15 is 0 Å². The summed E-state index contributed by atoms with van der Waals surface area (Å²) in [5.74, 6) is 1.53. The highest BCUT2D eigenvalue weighted by Crippen LogP contribution is 2.53. The molecule has 1 spiro atoms. The Labute approximate surface area is 199 Å². The van der Waals surface area contributed by atoms with Crippen molar-refractivity contribution in [1.29, 1.82) is 0 Å². The third-order valence-electron chi connectivity index (χ3n) is 6.88. The number of methoxy groups -OCH3 is 2. The van der Waals surface area contributed by atoms with Crippen LogP contribution in [0.15, 0.2) is 102 Å².